The lowest BCUT2D eigenvalue weighted by molar-refractivity contribution is -0.138. The predicted molar refractivity (Wildman–Crippen MR) is 54.3 cm³/mol. The Morgan fingerprint density at radius 2 is 2.12 bits per heavy atom. The molecule has 0 aliphatic heterocycles. The molecule has 1 aliphatic rings. The van der Waals surface area contributed by atoms with E-state index in [1.165, 1.54) is 0 Å². The van der Waals surface area contributed by atoms with Crippen LogP contribution in [-0.4, -0.2) is 17.3 Å². The number of Topliss-reactive ketones (excluding diaryl/α,β-unsaturated/α-hetero) is 1. The minimum Gasteiger partial charge on any atom is -0.329 e. The number of nitrogens with zero attached hydrogens (tertiary/aromatic N) is 1. The molecule has 0 amide bonds. The van der Waals surface area contributed by atoms with E-state index < -0.39 is 22.9 Å². The Labute approximate surface area is 95.8 Å². The van der Waals surface area contributed by atoms with Gasteiger partial charge in [0.05, 0.1) is 5.56 Å². The van der Waals surface area contributed by atoms with Gasteiger partial charge in [-0.15, -0.1) is 0 Å². The Bertz CT molecular complexity index is 452. The maximum atomic E-state index is 12.7. The molecule has 0 spiro atoms. The molecule has 2 rings (SSSR count). The molecule has 3 nitrogen and oxygen atoms in total. The molecule has 1 heterocycles. The molecular weight excluding hydrogens is 233 g/mol. The largest absolute Gasteiger partial charge is 0.417 e. The van der Waals surface area contributed by atoms with E-state index in [1.54, 1.807) is 0 Å². The van der Waals surface area contributed by atoms with E-state index in [1.807, 2.05) is 0 Å². The Hall–Kier alpha value is -1.43. The third-order valence-corrected chi connectivity index (χ3v) is 3.10. The number of aromatic nitrogens is 1. The summed E-state index contributed by atoms with van der Waals surface area (Å²) < 4.78 is 38.1. The van der Waals surface area contributed by atoms with E-state index in [4.69, 9.17) is 5.73 Å². The standard InChI is InChI=1S/C11H11F3N2O/c12-11(13,14)8-1-4-16-5-7(8)9(17)10(6-15)2-3-10/h1,4-5H,2-3,6,15H2. The molecule has 0 bridgehead atoms. The van der Waals surface area contributed by atoms with Crippen molar-refractivity contribution in [3.8, 4) is 0 Å². The van der Waals surface area contributed by atoms with Gasteiger partial charge in [-0.05, 0) is 18.9 Å². The Morgan fingerprint density at radius 1 is 1.47 bits per heavy atom. The molecule has 1 fully saturated rings. The zero-order valence-corrected chi connectivity index (χ0v) is 8.92. The van der Waals surface area contributed by atoms with Gasteiger partial charge in [0, 0.05) is 29.9 Å². The highest BCUT2D eigenvalue weighted by Crippen LogP contribution is 2.48. The summed E-state index contributed by atoms with van der Waals surface area (Å²) >= 11 is 0. The van der Waals surface area contributed by atoms with Gasteiger partial charge in [0.25, 0.3) is 0 Å². The maximum absolute atomic E-state index is 12.7. The first-order valence-corrected chi connectivity index (χ1v) is 5.17. The van der Waals surface area contributed by atoms with Gasteiger partial charge in [-0.2, -0.15) is 13.2 Å². The van der Waals surface area contributed by atoms with Crippen LogP contribution in [0.5, 0.6) is 0 Å². The smallest absolute Gasteiger partial charge is 0.329 e. The summed E-state index contributed by atoms with van der Waals surface area (Å²) in [6, 6.07) is 0.819. The first kappa shape index (κ1) is 12.0. The molecule has 2 N–H and O–H groups in total. The monoisotopic (exact) mass is 244 g/mol. The third-order valence-electron chi connectivity index (χ3n) is 3.10. The van der Waals surface area contributed by atoms with Gasteiger partial charge >= 0.3 is 6.18 Å². The number of pyridine rings is 1. The SMILES string of the molecule is NCC1(C(=O)c2cnccc2C(F)(F)F)CC1. The normalized spacial score (nSPS) is 17.9. The topological polar surface area (TPSA) is 56.0 Å². The summed E-state index contributed by atoms with van der Waals surface area (Å²) in [5.41, 5.74) is 3.35. The molecule has 0 atom stereocenters. The number of hydrogen-bond acceptors (Lipinski definition) is 3. The molecule has 92 valence electrons. The first-order valence-electron chi connectivity index (χ1n) is 5.17. The van der Waals surface area contributed by atoms with E-state index in [-0.39, 0.29) is 12.1 Å². The van der Waals surface area contributed by atoms with E-state index in [0.717, 1.165) is 18.5 Å². The second kappa shape index (κ2) is 3.80. The maximum Gasteiger partial charge on any atom is 0.417 e. The molecule has 0 unspecified atom stereocenters. The van der Waals surface area contributed by atoms with Crippen LogP contribution in [-0.2, 0) is 6.18 Å². The van der Waals surface area contributed by atoms with Gasteiger partial charge in [0.1, 0.15) is 0 Å². The van der Waals surface area contributed by atoms with E-state index in [9.17, 15) is 18.0 Å². The van der Waals surface area contributed by atoms with Crippen LogP contribution in [0.1, 0.15) is 28.8 Å². The van der Waals surface area contributed by atoms with Gasteiger partial charge in [-0.25, -0.2) is 0 Å². The van der Waals surface area contributed by atoms with Crippen molar-refractivity contribution in [2.45, 2.75) is 19.0 Å². The van der Waals surface area contributed by atoms with Crippen LogP contribution in [0.3, 0.4) is 0 Å². The molecule has 0 saturated heterocycles. The highest BCUT2D eigenvalue weighted by molar-refractivity contribution is 6.03. The van der Waals surface area contributed by atoms with Crippen molar-refractivity contribution in [3.63, 3.8) is 0 Å². The number of nitrogens with two attached hydrogens (primary N) is 1. The minimum absolute atomic E-state index is 0.0814. The average Bonchev–Trinajstić information content (AvgIpc) is 3.08. The third kappa shape index (κ3) is 2.04. The lowest BCUT2D eigenvalue weighted by Gasteiger charge is -2.15. The van der Waals surface area contributed by atoms with Gasteiger partial charge < -0.3 is 5.73 Å². The second-order valence-electron chi connectivity index (χ2n) is 4.23. The van der Waals surface area contributed by atoms with E-state index in [2.05, 4.69) is 4.98 Å². The van der Waals surface area contributed by atoms with Crippen molar-refractivity contribution in [1.82, 2.24) is 4.98 Å². The molecule has 17 heavy (non-hydrogen) atoms. The van der Waals surface area contributed by atoms with Crippen LogP contribution < -0.4 is 5.73 Å². The van der Waals surface area contributed by atoms with Crippen molar-refractivity contribution in [3.05, 3.63) is 29.6 Å². The van der Waals surface area contributed by atoms with Crippen LogP contribution in [0.2, 0.25) is 0 Å². The molecule has 1 aliphatic carbocycles. The molecule has 1 aromatic rings. The molecule has 0 aromatic carbocycles. The fourth-order valence-electron chi connectivity index (χ4n) is 1.78. The van der Waals surface area contributed by atoms with Crippen molar-refractivity contribution >= 4 is 5.78 Å². The van der Waals surface area contributed by atoms with Gasteiger partial charge in [-0.1, -0.05) is 0 Å². The quantitative estimate of drug-likeness (QED) is 0.827. The number of hydrogen-bond donors (Lipinski definition) is 1. The van der Waals surface area contributed by atoms with E-state index in [0.29, 0.717) is 12.8 Å². The summed E-state index contributed by atoms with van der Waals surface area (Å²) in [6.07, 6.45) is -1.44. The molecule has 1 saturated carbocycles. The zero-order valence-electron chi connectivity index (χ0n) is 8.92. The van der Waals surface area contributed by atoms with Crippen molar-refractivity contribution in [2.24, 2.45) is 11.1 Å². The van der Waals surface area contributed by atoms with Crippen LogP contribution in [0.15, 0.2) is 18.5 Å². The lowest BCUT2D eigenvalue weighted by atomic mass is 9.93. The summed E-state index contributed by atoms with van der Waals surface area (Å²) in [5.74, 6) is -0.541. The molecule has 0 radical (unpaired) electrons. The highest BCUT2D eigenvalue weighted by atomic mass is 19.4. The van der Waals surface area contributed by atoms with Gasteiger partial charge in [-0.3, -0.25) is 9.78 Å². The molecule has 6 heteroatoms. The fraction of sp³-hybridized carbons (Fsp3) is 0.455. The zero-order chi connectivity index (χ0) is 12.7. The number of halogens is 3. The predicted octanol–water partition coefficient (Wildman–Crippen LogP) is 2.02. The molecular formula is C11H11F3N2O. The van der Waals surface area contributed by atoms with Crippen LogP contribution in [0.25, 0.3) is 0 Å². The minimum atomic E-state index is -4.54. The molecule has 1 aromatic heterocycles. The fourth-order valence-corrected chi connectivity index (χ4v) is 1.78. The van der Waals surface area contributed by atoms with Gasteiger partial charge in [0.2, 0.25) is 0 Å². The van der Waals surface area contributed by atoms with Gasteiger partial charge in [0.15, 0.2) is 5.78 Å². The Kier molecular flexibility index (Phi) is 2.69. The van der Waals surface area contributed by atoms with Crippen LogP contribution in [0, 0.1) is 5.41 Å². The lowest BCUT2D eigenvalue weighted by Crippen LogP contribution is -2.27. The summed E-state index contributed by atoms with van der Waals surface area (Å²) in [5, 5.41) is 0. The summed E-state index contributed by atoms with van der Waals surface area (Å²) in [7, 11) is 0. The summed E-state index contributed by atoms with van der Waals surface area (Å²) in [4.78, 5) is 15.6. The highest BCUT2D eigenvalue weighted by Gasteiger charge is 2.50. The number of alkyl halides is 3. The first-order chi connectivity index (χ1) is 7.91. The van der Waals surface area contributed by atoms with Crippen LogP contribution in [0.4, 0.5) is 13.2 Å². The number of ketones is 1. The van der Waals surface area contributed by atoms with Crippen molar-refractivity contribution in [2.75, 3.05) is 6.54 Å². The van der Waals surface area contributed by atoms with Crippen molar-refractivity contribution in [1.29, 1.82) is 0 Å². The van der Waals surface area contributed by atoms with E-state index >= 15 is 0 Å². The number of carbonyl (C=O) groups is 1. The number of carbonyl (C=O) groups excluding carboxylic acids is 1. The van der Waals surface area contributed by atoms with Crippen LogP contribution >= 0.6 is 0 Å². The Balaban J connectivity index is 2.43. The number of rotatable bonds is 3. The summed E-state index contributed by atoms with van der Waals surface area (Å²) in [6.45, 7) is 0.0814. The second-order valence-corrected chi connectivity index (χ2v) is 4.23. The average molecular weight is 244 g/mol. The van der Waals surface area contributed by atoms with Crippen molar-refractivity contribution < 1.29 is 18.0 Å². The Morgan fingerprint density at radius 3 is 2.59 bits per heavy atom.